The summed E-state index contributed by atoms with van der Waals surface area (Å²) in [4.78, 5) is 0. The molecule has 3 fully saturated rings. The number of fused-ring (bicyclic) bond motifs is 2. The average Bonchev–Trinajstić information content (AvgIpc) is 3.06. The first kappa shape index (κ1) is 30.5. The van der Waals surface area contributed by atoms with E-state index in [4.69, 9.17) is 14.2 Å². The molecule has 0 spiro atoms. The van der Waals surface area contributed by atoms with Crippen LogP contribution in [0.3, 0.4) is 0 Å². The Morgan fingerprint density at radius 3 is 2.23 bits per heavy atom. The maximum Gasteiger partial charge on any atom is 0.200 e. The summed E-state index contributed by atoms with van der Waals surface area (Å²) in [5, 5.41) is 2.51. The summed E-state index contributed by atoms with van der Waals surface area (Å²) in [6.45, 7) is 5.62. The van der Waals surface area contributed by atoms with E-state index >= 15 is 0 Å². The van der Waals surface area contributed by atoms with Crippen molar-refractivity contribution in [2.24, 2.45) is 17.8 Å². The molecular weight excluding hydrogens is 528 g/mol. The third-order valence-corrected chi connectivity index (χ3v) is 11.1. The van der Waals surface area contributed by atoms with Crippen LogP contribution in [0.15, 0.2) is 60.7 Å². The van der Waals surface area contributed by atoms with Crippen molar-refractivity contribution in [1.82, 2.24) is 0 Å². The first-order valence-electron chi connectivity index (χ1n) is 17.7. The number of hydrogen-bond acceptors (Lipinski definition) is 3. The fourth-order valence-electron chi connectivity index (χ4n) is 8.23. The molecule has 3 aliphatic rings. The number of rotatable bonds is 12. The lowest BCUT2D eigenvalue weighted by Gasteiger charge is -2.40. The molecule has 0 radical (unpaired) electrons. The fourth-order valence-corrected chi connectivity index (χ4v) is 8.23. The minimum atomic E-state index is -0.251. The van der Waals surface area contributed by atoms with Crippen LogP contribution in [-0.2, 0) is 4.74 Å². The lowest BCUT2D eigenvalue weighted by atomic mass is 9.67. The minimum Gasteiger partial charge on any atom is -0.491 e. The topological polar surface area (TPSA) is 27.7 Å². The van der Waals surface area contributed by atoms with E-state index in [9.17, 15) is 0 Å². The Labute approximate surface area is 260 Å². The molecule has 5 unspecified atom stereocenters. The average molecular weight is 583 g/mol. The van der Waals surface area contributed by atoms with Crippen molar-refractivity contribution in [2.75, 3.05) is 13.2 Å². The molecule has 3 aromatic carbocycles. The van der Waals surface area contributed by atoms with E-state index in [1.807, 2.05) is 0 Å². The van der Waals surface area contributed by atoms with Crippen molar-refractivity contribution >= 4 is 10.8 Å². The number of hydrogen-bond donors (Lipinski definition) is 0. The van der Waals surface area contributed by atoms with E-state index in [0.29, 0.717) is 25.0 Å². The normalized spacial score (nSPS) is 24.3. The van der Waals surface area contributed by atoms with E-state index in [1.165, 1.54) is 98.9 Å². The summed E-state index contributed by atoms with van der Waals surface area (Å²) < 4.78 is 19.2. The van der Waals surface area contributed by atoms with Crippen LogP contribution in [0.1, 0.15) is 127 Å². The molecular formula is C40H54O3. The molecule has 6 rings (SSSR count). The third-order valence-electron chi connectivity index (χ3n) is 11.1. The van der Waals surface area contributed by atoms with Crippen LogP contribution in [0, 0.1) is 17.8 Å². The van der Waals surface area contributed by atoms with Crippen molar-refractivity contribution in [3.8, 4) is 11.5 Å². The highest BCUT2D eigenvalue weighted by molar-refractivity contribution is 5.84. The molecule has 0 amide bonds. The Morgan fingerprint density at radius 1 is 0.698 bits per heavy atom. The van der Waals surface area contributed by atoms with Gasteiger partial charge in [-0.15, -0.1) is 0 Å². The van der Waals surface area contributed by atoms with Gasteiger partial charge in [0.1, 0.15) is 18.1 Å². The van der Waals surface area contributed by atoms with Crippen molar-refractivity contribution in [1.29, 1.82) is 0 Å². The van der Waals surface area contributed by atoms with Crippen LogP contribution in [0.4, 0.5) is 0 Å². The highest BCUT2D eigenvalue weighted by Gasteiger charge is 2.33. The monoisotopic (exact) mass is 582 g/mol. The predicted octanol–water partition coefficient (Wildman–Crippen LogP) is 11.2. The molecule has 5 atom stereocenters. The van der Waals surface area contributed by atoms with E-state index in [0.717, 1.165) is 42.1 Å². The molecule has 3 nitrogen and oxygen atoms in total. The molecule has 0 heterocycles. The van der Waals surface area contributed by atoms with Crippen LogP contribution >= 0.6 is 0 Å². The van der Waals surface area contributed by atoms with Gasteiger partial charge in [0, 0.05) is 6.42 Å². The quantitative estimate of drug-likeness (QED) is 0.157. The van der Waals surface area contributed by atoms with Crippen molar-refractivity contribution in [3.05, 3.63) is 71.8 Å². The van der Waals surface area contributed by atoms with Gasteiger partial charge in [-0.25, -0.2) is 0 Å². The molecule has 0 bridgehead atoms. The van der Waals surface area contributed by atoms with Crippen LogP contribution in [-0.4, -0.2) is 19.5 Å². The molecule has 0 saturated heterocycles. The molecule has 3 aliphatic carbocycles. The van der Waals surface area contributed by atoms with E-state index < -0.39 is 0 Å². The maximum absolute atomic E-state index is 6.62. The lowest BCUT2D eigenvalue weighted by Crippen LogP contribution is -2.32. The van der Waals surface area contributed by atoms with Gasteiger partial charge in [-0.2, -0.15) is 0 Å². The summed E-state index contributed by atoms with van der Waals surface area (Å²) in [5.41, 5.74) is 2.88. The SMILES string of the molecule is CCC(C)c1ccc2cc(OC(CC3CCC4CCCCC4C3)OCCOc3ccc(C4CCCCC4)cc3)ccc2c1. The second-order valence-corrected chi connectivity index (χ2v) is 14.0. The highest BCUT2D eigenvalue weighted by atomic mass is 16.7. The summed E-state index contributed by atoms with van der Waals surface area (Å²) >= 11 is 0. The molecule has 3 aromatic rings. The zero-order chi connectivity index (χ0) is 29.4. The van der Waals surface area contributed by atoms with Crippen LogP contribution < -0.4 is 9.47 Å². The highest BCUT2D eigenvalue weighted by Crippen LogP contribution is 2.44. The van der Waals surface area contributed by atoms with Gasteiger partial charge in [0.05, 0.1) is 6.61 Å². The van der Waals surface area contributed by atoms with Crippen molar-refractivity contribution in [3.63, 3.8) is 0 Å². The van der Waals surface area contributed by atoms with E-state index in [2.05, 4.69) is 74.5 Å². The maximum atomic E-state index is 6.62. The van der Waals surface area contributed by atoms with Crippen molar-refractivity contribution < 1.29 is 14.2 Å². The van der Waals surface area contributed by atoms with Gasteiger partial charge < -0.3 is 14.2 Å². The van der Waals surface area contributed by atoms with E-state index in [1.54, 1.807) is 0 Å². The van der Waals surface area contributed by atoms with Crippen LogP contribution in [0.2, 0.25) is 0 Å². The van der Waals surface area contributed by atoms with Crippen molar-refractivity contribution in [2.45, 2.75) is 122 Å². The number of benzene rings is 3. The molecule has 0 aliphatic heterocycles. The Morgan fingerprint density at radius 2 is 1.42 bits per heavy atom. The first-order chi connectivity index (χ1) is 21.1. The third kappa shape index (κ3) is 8.15. The standard InChI is InChI=1S/C40H54O3/c1-3-29(2)34-15-16-37-28-39(22-19-36(37)27-34)43-40(26-30-13-14-32-11-7-8-12-35(32)25-30)42-24-23-41-38-20-17-33(18-21-38)31-9-5-4-6-10-31/h15-22,27-32,35,40H,3-14,23-26H2,1-2H3. The first-order valence-corrected chi connectivity index (χ1v) is 17.7. The second-order valence-electron chi connectivity index (χ2n) is 14.0. The largest absolute Gasteiger partial charge is 0.491 e. The Balaban J connectivity index is 1.07. The van der Waals surface area contributed by atoms with Gasteiger partial charge in [0.15, 0.2) is 6.29 Å². The smallest absolute Gasteiger partial charge is 0.200 e. The summed E-state index contributed by atoms with van der Waals surface area (Å²) in [6, 6.07) is 22.2. The molecule has 232 valence electrons. The van der Waals surface area contributed by atoms with Crippen LogP contribution in [0.5, 0.6) is 11.5 Å². The molecule has 0 aromatic heterocycles. The summed E-state index contributed by atoms with van der Waals surface area (Å²) in [6.07, 6.45) is 18.4. The van der Waals surface area contributed by atoms with Gasteiger partial charge in [-0.1, -0.05) is 95.2 Å². The molecule has 43 heavy (non-hydrogen) atoms. The fraction of sp³-hybridized carbons (Fsp3) is 0.600. The van der Waals surface area contributed by atoms with Gasteiger partial charge in [-0.05, 0) is 114 Å². The zero-order valence-corrected chi connectivity index (χ0v) is 26.8. The predicted molar refractivity (Wildman–Crippen MR) is 178 cm³/mol. The van der Waals surface area contributed by atoms with Gasteiger partial charge in [0.25, 0.3) is 0 Å². The Bertz CT molecular complexity index is 1280. The summed E-state index contributed by atoms with van der Waals surface area (Å²) in [7, 11) is 0. The Hall–Kier alpha value is -2.52. The second kappa shape index (κ2) is 15.0. The zero-order valence-electron chi connectivity index (χ0n) is 26.8. The van der Waals surface area contributed by atoms with Gasteiger partial charge in [0.2, 0.25) is 0 Å². The van der Waals surface area contributed by atoms with Gasteiger partial charge in [-0.3, -0.25) is 0 Å². The van der Waals surface area contributed by atoms with Crippen LogP contribution in [0.25, 0.3) is 10.8 Å². The lowest BCUT2D eigenvalue weighted by molar-refractivity contribution is -0.103. The minimum absolute atomic E-state index is 0.251. The molecule has 3 saturated carbocycles. The molecule has 3 heteroatoms. The molecule has 0 N–H and O–H groups in total. The number of ether oxygens (including phenoxy) is 3. The van der Waals surface area contributed by atoms with Gasteiger partial charge >= 0.3 is 0 Å². The van der Waals surface area contributed by atoms with E-state index in [-0.39, 0.29) is 6.29 Å². The Kier molecular flexibility index (Phi) is 10.6. The summed E-state index contributed by atoms with van der Waals surface area (Å²) in [5.74, 6) is 5.69.